The molecule has 0 spiro atoms. The first kappa shape index (κ1) is 61.1. The number of aliphatic carboxylic acids is 2. The molecular weight excluding hydrogens is 1050 g/mol. The van der Waals surface area contributed by atoms with Crippen LogP contribution in [0.2, 0.25) is 0 Å². The first-order valence-electron chi connectivity index (χ1n) is 21.0. The van der Waals surface area contributed by atoms with Gasteiger partial charge in [0.2, 0.25) is 11.5 Å². The zero-order valence-electron chi connectivity index (χ0n) is 39.5. The summed E-state index contributed by atoms with van der Waals surface area (Å²) in [6, 6.07) is 12.0. The molecule has 32 nitrogen and oxygen atoms in total. The topological polar surface area (TPSA) is 540 Å². The molecule has 6 aromatic rings. The lowest BCUT2D eigenvalue weighted by Gasteiger charge is -2.31. The Morgan fingerprint density at radius 2 is 0.897 bits per heavy atom. The number of aromatic carboxylic acids is 10. The van der Waals surface area contributed by atoms with Crippen LogP contribution in [-0.4, -0.2) is 170 Å². The number of fused-ring (bicyclic) bond motifs is 1. The predicted octanol–water partition coefficient (Wildman–Crippen LogP) is 3.54. The van der Waals surface area contributed by atoms with E-state index in [-0.39, 0.29) is 62.6 Å². The number of pyridine rings is 1. The van der Waals surface area contributed by atoms with Crippen molar-refractivity contribution in [2.24, 2.45) is 11.8 Å². The lowest BCUT2D eigenvalue weighted by Crippen LogP contribution is -2.36. The summed E-state index contributed by atoms with van der Waals surface area (Å²) in [5, 5.41) is 106. The van der Waals surface area contributed by atoms with Crippen LogP contribution in [0.25, 0.3) is 5.69 Å². The molecule has 4 unspecified atom stereocenters. The first-order valence-corrected chi connectivity index (χ1v) is 21.0. The highest BCUT2D eigenvalue weighted by Crippen LogP contribution is 2.47. The van der Waals surface area contributed by atoms with Gasteiger partial charge >= 0.3 is 71.6 Å². The van der Waals surface area contributed by atoms with E-state index in [0.29, 0.717) is 17.1 Å². The van der Waals surface area contributed by atoms with Crippen LogP contribution in [0.1, 0.15) is 129 Å². The molecule has 0 radical (unpaired) electrons. The number of furan rings is 2. The summed E-state index contributed by atoms with van der Waals surface area (Å²) in [7, 11) is 0. The summed E-state index contributed by atoms with van der Waals surface area (Å²) >= 11 is 0. The second-order valence-electron chi connectivity index (χ2n) is 15.2. The Kier molecular flexibility index (Phi) is 21.3. The number of hydrogen-bond donors (Lipinski definition) is 12. The van der Waals surface area contributed by atoms with Crippen LogP contribution in [0.5, 0.6) is 0 Å². The Bertz CT molecular complexity index is 3100. The van der Waals surface area contributed by atoms with Gasteiger partial charge in [-0.05, 0) is 57.0 Å². The number of carbonyl (C=O) groups is 12. The van der Waals surface area contributed by atoms with E-state index in [1.807, 2.05) is 0 Å². The van der Waals surface area contributed by atoms with Gasteiger partial charge in [0.15, 0.2) is 29.3 Å². The van der Waals surface area contributed by atoms with Gasteiger partial charge in [0.05, 0.1) is 40.6 Å². The Morgan fingerprint density at radius 3 is 1.19 bits per heavy atom. The monoisotopic (exact) mass is 1090 g/mol. The van der Waals surface area contributed by atoms with Gasteiger partial charge in [0.25, 0.3) is 0 Å². The van der Waals surface area contributed by atoms with Crippen molar-refractivity contribution < 1.29 is 132 Å². The average molecular weight is 1090 g/mol. The van der Waals surface area contributed by atoms with E-state index in [0.717, 1.165) is 56.0 Å². The maximum atomic E-state index is 10.9. The molecule has 78 heavy (non-hydrogen) atoms. The molecule has 2 fully saturated rings. The highest BCUT2D eigenvalue weighted by Gasteiger charge is 2.55. The summed E-state index contributed by atoms with van der Waals surface area (Å²) in [5.74, 6) is -15.8. The first-order chi connectivity index (χ1) is 36.5. The summed E-state index contributed by atoms with van der Waals surface area (Å²) < 4.78 is 15.0. The van der Waals surface area contributed by atoms with E-state index < -0.39 is 89.5 Å². The zero-order chi connectivity index (χ0) is 58.9. The normalized spacial score (nSPS) is 15.1. The largest absolute Gasteiger partial charge is 0.479 e. The van der Waals surface area contributed by atoms with E-state index in [4.69, 9.17) is 66.0 Å². The Morgan fingerprint density at radius 1 is 0.487 bits per heavy atom. The third kappa shape index (κ3) is 16.4. The number of aryl methyl sites for hydroxylation is 2. The molecule has 1 aliphatic carbocycles. The molecule has 1 aromatic carbocycles. The highest BCUT2D eigenvalue weighted by molar-refractivity contribution is 6.01. The number of benzene rings is 1. The number of hydrogen-bond acceptors (Lipinski definition) is 19. The molecule has 8 rings (SSSR count). The molecule has 0 bridgehead atoms. The number of para-hydroxylation sites is 1. The smallest absolute Gasteiger partial charge is 0.371 e. The van der Waals surface area contributed by atoms with Crippen molar-refractivity contribution in [2.45, 2.75) is 38.9 Å². The summed E-state index contributed by atoms with van der Waals surface area (Å²) in [6.45, 7) is 3.06. The number of carboxylic acids is 12. The fourth-order valence-electron chi connectivity index (χ4n) is 6.47. The van der Waals surface area contributed by atoms with Crippen LogP contribution in [-0.2, 0) is 14.3 Å². The van der Waals surface area contributed by atoms with Crippen LogP contribution in [0.3, 0.4) is 0 Å². The minimum absolute atomic E-state index is 0.0759. The Balaban J connectivity index is 0.000000248. The van der Waals surface area contributed by atoms with E-state index in [1.54, 1.807) is 30.3 Å². The Hall–Kier alpha value is -11.2. The highest BCUT2D eigenvalue weighted by atomic mass is 16.6. The fraction of sp³-hybridized carbons (Fsp3) is 0.174. The van der Waals surface area contributed by atoms with Crippen LogP contribution in [0.4, 0.5) is 0 Å². The average Bonchev–Trinajstić information content (AvgIpc) is 4.19. The fourth-order valence-corrected chi connectivity index (χ4v) is 6.47. The maximum absolute atomic E-state index is 10.9. The summed E-state index contributed by atoms with van der Waals surface area (Å²) in [6.07, 6.45) is 4.64. The predicted molar refractivity (Wildman–Crippen MR) is 246 cm³/mol. The van der Waals surface area contributed by atoms with Crippen molar-refractivity contribution in [1.29, 1.82) is 0 Å². The minimum atomic E-state index is -1.36. The molecule has 4 atom stereocenters. The van der Waals surface area contributed by atoms with Crippen LogP contribution in [0.15, 0.2) is 88.5 Å². The van der Waals surface area contributed by atoms with E-state index in [2.05, 4.69) is 28.9 Å². The van der Waals surface area contributed by atoms with Gasteiger partial charge in [-0.25, -0.2) is 67.2 Å². The molecule has 1 saturated carbocycles. The van der Waals surface area contributed by atoms with Crippen molar-refractivity contribution in [2.75, 3.05) is 0 Å². The minimum Gasteiger partial charge on any atom is -0.479 e. The van der Waals surface area contributed by atoms with Crippen molar-refractivity contribution in [1.82, 2.24) is 24.7 Å². The second kappa shape index (κ2) is 27.2. The van der Waals surface area contributed by atoms with Gasteiger partial charge in [-0.2, -0.15) is 5.10 Å². The molecular formula is C46H39N5O27. The molecule has 5 aromatic heterocycles. The van der Waals surface area contributed by atoms with Crippen molar-refractivity contribution in [3.63, 3.8) is 0 Å². The maximum Gasteiger partial charge on any atom is 0.371 e. The molecule has 2 aliphatic rings. The lowest BCUT2D eigenvalue weighted by molar-refractivity contribution is -0.158. The van der Waals surface area contributed by atoms with Crippen LogP contribution < -0.4 is 0 Å². The second-order valence-corrected chi connectivity index (χ2v) is 15.2. The van der Waals surface area contributed by atoms with Gasteiger partial charge in [0.1, 0.15) is 29.2 Å². The molecule has 1 aliphatic heterocycles. The molecule has 12 N–H and O–H groups in total. The van der Waals surface area contributed by atoms with Gasteiger partial charge in [0, 0.05) is 18.0 Å². The zero-order valence-corrected chi connectivity index (χ0v) is 39.5. The SMILES string of the molecule is Cc1nc(C)c(C(=O)O)cc1C(=O)O.O=C(O)C1OC(C(=O)O)C2CCC12.O=C(O)c1ccc(C(=O)O)o1.O=C(O)c1cn(-c2ccccc2)nc1C(=O)O.O=C(O)c1cncc(C(=O)O)n1.O=C(O)c1cocc1C(=O)O. The molecule has 32 heteroatoms. The Labute approximate surface area is 431 Å². The van der Waals surface area contributed by atoms with E-state index in [9.17, 15) is 57.5 Å². The number of ether oxygens (including phenoxy) is 1. The number of aromatic nitrogens is 5. The standard InChI is InChI=1S/C11H8N2O4.C9H9NO4.C8H10O5.C6H4N2O4.2C6H4O5/c14-10(15)8-6-13(12-9(8)11(16)17)7-4-2-1-3-5-7;1-4-6(8(11)12)3-7(9(13)14)5(2)10-4;9-7(10)5-3-1-2-4(3)6(13-5)8(11)12;9-5(10)3-1-7-2-4(8-3)6(11)12;7-5(8)3-1-11-2-4(3)6(9)10;7-5(8)3-1-2-4(11-3)6(9)10/h1-6H,(H,14,15)(H,16,17);3H,1-2H3,(H,11,12)(H,13,14);3-6H,1-2H2,(H,9,10)(H,11,12);1-2H,(H,9,10)(H,11,12);2*1-2H,(H,7,8)(H,9,10). The van der Waals surface area contributed by atoms with E-state index in [1.165, 1.54) is 24.7 Å². The third-order valence-corrected chi connectivity index (χ3v) is 10.2. The van der Waals surface area contributed by atoms with Crippen LogP contribution >= 0.6 is 0 Å². The number of nitrogens with zero attached hydrogens (tertiary/aromatic N) is 5. The van der Waals surface area contributed by atoms with Crippen molar-refractivity contribution >= 4 is 71.6 Å². The third-order valence-electron chi connectivity index (χ3n) is 10.2. The van der Waals surface area contributed by atoms with Gasteiger partial charge < -0.3 is 74.8 Å². The molecule has 410 valence electrons. The van der Waals surface area contributed by atoms with E-state index >= 15 is 0 Å². The number of carboxylic acid groups (broad SMARTS) is 12. The quantitative estimate of drug-likeness (QED) is 0.0787. The summed E-state index contributed by atoms with van der Waals surface area (Å²) in [5.41, 5.74) is -1.15. The molecule has 0 amide bonds. The van der Waals surface area contributed by atoms with Crippen LogP contribution in [0, 0.1) is 25.7 Å². The van der Waals surface area contributed by atoms with Crippen molar-refractivity contribution in [3.05, 3.63) is 147 Å². The molecule has 6 heterocycles. The van der Waals surface area contributed by atoms with Crippen molar-refractivity contribution in [3.8, 4) is 5.69 Å². The molecule has 1 saturated heterocycles. The number of rotatable bonds is 13. The lowest BCUT2D eigenvalue weighted by atomic mass is 9.70. The van der Waals surface area contributed by atoms with Gasteiger partial charge in [-0.3, -0.25) is 9.97 Å². The van der Waals surface area contributed by atoms with Gasteiger partial charge in [-0.1, -0.05) is 18.2 Å². The van der Waals surface area contributed by atoms with Gasteiger partial charge in [-0.15, -0.1) is 0 Å². The summed E-state index contributed by atoms with van der Waals surface area (Å²) in [4.78, 5) is 136.